The first-order valence-corrected chi connectivity index (χ1v) is 7.26. The summed E-state index contributed by atoms with van der Waals surface area (Å²) in [6, 6.07) is 8.55. The molecule has 0 saturated carbocycles. The Kier molecular flexibility index (Phi) is 5.34. The van der Waals surface area contributed by atoms with E-state index in [-0.39, 0.29) is 5.91 Å². The Morgan fingerprint density at radius 1 is 1.00 bits per heavy atom. The highest BCUT2D eigenvalue weighted by molar-refractivity contribution is 6.31. The molecule has 2 rings (SSSR count). The number of aryl methyl sites for hydroxylation is 1. The Morgan fingerprint density at radius 2 is 1.57 bits per heavy atom. The number of rotatable bonds is 5. The first-order valence-electron chi connectivity index (χ1n) is 6.88. The summed E-state index contributed by atoms with van der Waals surface area (Å²) in [5.41, 5.74) is 1.66. The summed E-state index contributed by atoms with van der Waals surface area (Å²) in [7, 11) is 4.51. The molecule has 2 aromatic rings. The van der Waals surface area contributed by atoms with Gasteiger partial charge in [-0.1, -0.05) is 17.7 Å². The van der Waals surface area contributed by atoms with Gasteiger partial charge in [0.15, 0.2) is 0 Å². The fourth-order valence-corrected chi connectivity index (χ4v) is 2.34. The second-order valence-corrected chi connectivity index (χ2v) is 5.20. The number of ether oxygens (including phenoxy) is 3. The van der Waals surface area contributed by atoms with Crippen LogP contribution in [-0.2, 0) is 0 Å². The van der Waals surface area contributed by atoms with E-state index in [4.69, 9.17) is 25.8 Å². The molecule has 0 aliphatic rings. The van der Waals surface area contributed by atoms with Gasteiger partial charge in [-0.2, -0.15) is 0 Å². The van der Waals surface area contributed by atoms with Gasteiger partial charge in [0.25, 0.3) is 5.91 Å². The predicted molar refractivity (Wildman–Crippen MR) is 90.2 cm³/mol. The van der Waals surface area contributed by atoms with Crippen LogP contribution in [0.5, 0.6) is 17.2 Å². The maximum Gasteiger partial charge on any atom is 0.263 e. The largest absolute Gasteiger partial charge is 0.496 e. The standard InChI is InChI=1S/C17H18ClNO4/c1-10-8-12(15(23-4)9-11(10)18)19-17(20)16-13(21-2)6-5-7-14(16)22-3/h5-9H,1-4H3,(H,19,20). The lowest BCUT2D eigenvalue weighted by Crippen LogP contribution is -2.15. The summed E-state index contributed by atoms with van der Waals surface area (Å²) in [6.45, 7) is 1.85. The smallest absolute Gasteiger partial charge is 0.263 e. The third kappa shape index (κ3) is 3.51. The van der Waals surface area contributed by atoms with Crippen LogP contribution in [0.4, 0.5) is 5.69 Å². The number of amides is 1. The fraction of sp³-hybridized carbons (Fsp3) is 0.235. The van der Waals surface area contributed by atoms with Gasteiger partial charge in [0.2, 0.25) is 0 Å². The molecule has 0 aliphatic heterocycles. The summed E-state index contributed by atoms with van der Waals surface area (Å²) >= 11 is 6.08. The Balaban J connectivity index is 2.42. The Labute approximate surface area is 140 Å². The van der Waals surface area contributed by atoms with Crippen molar-refractivity contribution >= 4 is 23.2 Å². The van der Waals surface area contributed by atoms with Crippen molar-refractivity contribution in [2.45, 2.75) is 6.92 Å². The number of halogens is 1. The maximum absolute atomic E-state index is 12.7. The van der Waals surface area contributed by atoms with Crippen LogP contribution in [0.25, 0.3) is 0 Å². The summed E-state index contributed by atoms with van der Waals surface area (Å²) in [6.07, 6.45) is 0. The van der Waals surface area contributed by atoms with E-state index in [0.717, 1.165) is 5.56 Å². The molecule has 0 spiro atoms. The molecule has 0 saturated heterocycles. The number of carbonyl (C=O) groups excluding carboxylic acids is 1. The molecule has 0 heterocycles. The van der Waals surface area contributed by atoms with Crippen LogP contribution in [0.1, 0.15) is 15.9 Å². The molecule has 5 nitrogen and oxygen atoms in total. The van der Waals surface area contributed by atoms with Crippen molar-refractivity contribution in [3.63, 3.8) is 0 Å². The third-order valence-corrected chi connectivity index (χ3v) is 3.79. The second kappa shape index (κ2) is 7.24. The fourth-order valence-electron chi connectivity index (χ4n) is 2.19. The first-order chi connectivity index (χ1) is 11.0. The molecule has 0 radical (unpaired) electrons. The Bertz CT molecular complexity index is 709. The van der Waals surface area contributed by atoms with Crippen molar-refractivity contribution in [2.75, 3.05) is 26.6 Å². The minimum Gasteiger partial charge on any atom is -0.496 e. The van der Waals surface area contributed by atoms with Gasteiger partial charge < -0.3 is 19.5 Å². The lowest BCUT2D eigenvalue weighted by Gasteiger charge is -2.15. The van der Waals surface area contributed by atoms with Crippen LogP contribution in [0.3, 0.4) is 0 Å². The average Bonchev–Trinajstić information content (AvgIpc) is 2.56. The number of hydrogen-bond donors (Lipinski definition) is 1. The van der Waals surface area contributed by atoms with E-state index in [2.05, 4.69) is 5.32 Å². The van der Waals surface area contributed by atoms with Gasteiger partial charge in [-0.3, -0.25) is 4.79 Å². The van der Waals surface area contributed by atoms with Crippen LogP contribution in [0.15, 0.2) is 30.3 Å². The minimum absolute atomic E-state index is 0.312. The molecule has 0 fully saturated rings. The summed E-state index contributed by atoms with van der Waals surface area (Å²) in [4.78, 5) is 12.7. The number of nitrogens with one attached hydrogen (secondary N) is 1. The lowest BCUT2D eigenvalue weighted by molar-refractivity contribution is 0.102. The van der Waals surface area contributed by atoms with E-state index in [9.17, 15) is 4.79 Å². The highest BCUT2D eigenvalue weighted by Crippen LogP contribution is 2.33. The number of benzene rings is 2. The molecule has 122 valence electrons. The van der Waals surface area contributed by atoms with E-state index >= 15 is 0 Å². The topological polar surface area (TPSA) is 56.8 Å². The zero-order valence-electron chi connectivity index (χ0n) is 13.4. The minimum atomic E-state index is -0.362. The first kappa shape index (κ1) is 17.0. The van der Waals surface area contributed by atoms with Crippen molar-refractivity contribution in [3.8, 4) is 17.2 Å². The second-order valence-electron chi connectivity index (χ2n) is 4.79. The number of carbonyl (C=O) groups is 1. The molecule has 0 unspecified atom stereocenters. The van der Waals surface area contributed by atoms with Crippen molar-refractivity contribution in [2.24, 2.45) is 0 Å². The maximum atomic E-state index is 12.7. The van der Waals surface area contributed by atoms with E-state index in [1.54, 1.807) is 30.3 Å². The van der Waals surface area contributed by atoms with Gasteiger partial charge in [0.05, 0.1) is 27.0 Å². The van der Waals surface area contributed by atoms with E-state index in [1.165, 1.54) is 21.3 Å². The van der Waals surface area contributed by atoms with Gasteiger partial charge in [0.1, 0.15) is 22.8 Å². The van der Waals surface area contributed by atoms with E-state index < -0.39 is 0 Å². The Hall–Kier alpha value is -2.40. The third-order valence-electron chi connectivity index (χ3n) is 3.38. The molecule has 1 amide bonds. The quantitative estimate of drug-likeness (QED) is 0.899. The summed E-state index contributed by atoms with van der Waals surface area (Å²) in [5.74, 6) is 0.958. The molecule has 0 bridgehead atoms. The zero-order chi connectivity index (χ0) is 17.0. The van der Waals surface area contributed by atoms with Crippen LogP contribution in [0.2, 0.25) is 5.02 Å². The normalized spacial score (nSPS) is 10.1. The monoisotopic (exact) mass is 335 g/mol. The average molecular weight is 336 g/mol. The van der Waals surface area contributed by atoms with Crippen LogP contribution < -0.4 is 19.5 Å². The molecule has 0 aromatic heterocycles. The molecular weight excluding hydrogens is 318 g/mol. The van der Waals surface area contributed by atoms with Gasteiger partial charge >= 0.3 is 0 Å². The van der Waals surface area contributed by atoms with Crippen molar-refractivity contribution in [3.05, 3.63) is 46.5 Å². The van der Waals surface area contributed by atoms with Crippen molar-refractivity contribution in [1.82, 2.24) is 0 Å². The SMILES string of the molecule is COc1cc(Cl)c(C)cc1NC(=O)c1c(OC)cccc1OC. The van der Waals surface area contributed by atoms with Crippen LogP contribution >= 0.6 is 11.6 Å². The number of methoxy groups -OCH3 is 3. The molecule has 0 atom stereocenters. The lowest BCUT2D eigenvalue weighted by atomic mass is 10.1. The summed E-state index contributed by atoms with van der Waals surface area (Å²) < 4.78 is 15.8. The number of anilines is 1. The zero-order valence-corrected chi connectivity index (χ0v) is 14.2. The molecule has 6 heteroatoms. The summed E-state index contributed by atoms with van der Waals surface area (Å²) in [5, 5.41) is 3.38. The predicted octanol–water partition coefficient (Wildman–Crippen LogP) is 3.93. The van der Waals surface area contributed by atoms with Gasteiger partial charge in [-0.05, 0) is 30.7 Å². The van der Waals surface area contributed by atoms with Gasteiger partial charge in [-0.15, -0.1) is 0 Å². The van der Waals surface area contributed by atoms with Crippen LogP contribution in [-0.4, -0.2) is 27.2 Å². The number of hydrogen-bond acceptors (Lipinski definition) is 4. The highest BCUT2D eigenvalue weighted by atomic mass is 35.5. The highest BCUT2D eigenvalue weighted by Gasteiger charge is 2.20. The molecule has 0 aliphatic carbocycles. The van der Waals surface area contributed by atoms with Gasteiger partial charge in [-0.25, -0.2) is 0 Å². The van der Waals surface area contributed by atoms with Crippen LogP contribution in [0, 0.1) is 6.92 Å². The molecule has 1 N–H and O–H groups in total. The van der Waals surface area contributed by atoms with Crippen molar-refractivity contribution in [1.29, 1.82) is 0 Å². The van der Waals surface area contributed by atoms with Crippen molar-refractivity contribution < 1.29 is 19.0 Å². The Morgan fingerprint density at radius 3 is 2.09 bits per heavy atom. The molecule has 23 heavy (non-hydrogen) atoms. The molecule has 2 aromatic carbocycles. The van der Waals surface area contributed by atoms with E-state index in [1.807, 2.05) is 6.92 Å². The van der Waals surface area contributed by atoms with Gasteiger partial charge in [0, 0.05) is 11.1 Å². The molecular formula is C17H18ClNO4. The van der Waals surface area contributed by atoms with E-state index in [0.29, 0.717) is 33.5 Å².